The van der Waals surface area contributed by atoms with E-state index in [9.17, 15) is 10.0 Å². The lowest BCUT2D eigenvalue weighted by Gasteiger charge is -2.14. The molecule has 0 aliphatic heterocycles. The first-order valence-corrected chi connectivity index (χ1v) is 6.74. The summed E-state index contributed by atoms with van der Waals surface area (Å²) in [6.07, 6.45) is 3.43. The molecule has 0 aliphatic rings. The van der Waals surface area contributed by atoms with Crippen molar-refractivity contribution in [2.75, 3.05) is 0 Å². The maximum absolute atomic E-state index is 10.7. The first-order chi connectivity index (χ1) is 8.54. The molecule has 0 spiro atoms. The number of carbonyl (C=O) groups is 1. The first-order valence-electron chi connectivity index (χ1n) is 5.92. The van der Waals surface area contributed by atoms with Gasteiger partial charge in [0.15, 0.2) is 0 Å². The Bertz CT molecular complexity index is 459. The lowest BCUT2D eigenvalue weighted by atomic mass is 10.2. The zero-order valence-electron chi connectivity index (χ0n) is 10.6. The number of thiophene rings is 1. The molecular formula is C13H18N2O2S. The van der Waals surface area contributed by atoms with Crippen LogP contribution in [0.25, 0.3) is 0 Å². The lowest BCUT2D eigenvalue weighted by Crippen LogP contribution is -2.38. The van der Waals surface area contributed by atoms with Gasteiger partial charge in [-0.25, -0.2) is 4.79 Å². The van der Waals surface area contributed by atoms with E-state index in [1.165, 1.54) is 17.7 Å². The van der Waals surface area contributed by atoms with E-state index in [2.05, 4.69) is 24.8 Å². The van der Waals surface area contributed by atoms with E-state index in [1.807, 2.05) is 6.07 Å². The Hall–Kier alpha value is -1.51. The van der Waals surface area contributed by atoms with Gasteiger partial charge in [-0.2, -0.15) is 5.06 Å². The maximum Gasteiger partial charge on any atom is 0.339 e. The largest absolute Gasteiger partial charge is 0.350 e. The summed E-state index contributed by atoms with van der Waals surface area (Å²) in [7, 11) is 0. The average molecular weight is 266 g/mol. The van der Waals surface area contributed by atoms with Crippen LogP contribution in [0.3, 0.4) is 0 Å². The molecule has 0 radical (unpaired) electrons. The van der Waals surface area contributed by atoms with Crippen molar-refractivity contribution in [1.29, 1.82) is 0 Å². The summed E-state index contributed by atoms with van der Waals surface area (Å²) in [5.74, 6) is 5.72. The number of rotatable bonds is 4. The van der Waals surface area contributed by atoms with E-state index < -0.39 is 12.1 Å². The van der Waals surface area contributed by atoms with Crippen LogP contribution < -0.4 is 5.73 Å². The van der Waals surface area contributed by atoms with Crippen molar-refractivity contribution >= 4 is 17.4 Å². The second-order valence-electron chi connectivity index (χ2n) is 4.00. The number of hydrogen-bond acceptors (Lipinski definition) is 3. The van der Waals surface area contributed by atoms with E-state index >= 15 is 0 Å². The Morgan fingerprint density at radius 3 is 2.94 bits per heavy atom. The lowest BCUT2D eigenvalue weighted by molar-refractivity contribution is -0.0536. The number of carbonyl (C=O) groups excluding carboxylic acids is 1. The summed E-state index contributed by atoms with van der Waals surface area (Å²) in [5.41, 5.74) is 4.94. The molecule has 2 amide bonds. The van der Waals surface area contributed by atoms with Crippen molar-refractivity contribution in [3.63, 3.8) is 0 Å². The quantitative estimate of drug-likeness (QED) is 0.500. The molecule has 1 aromatic rings. The van der Waals surface area contributed by atoms with Gasteiger partial charge in [0.2, 0.25) is 0 Å². The van der Waals surface area contributed by atoms with Gasteiger partial charge in [0.05, 0.1) is 4.88 Å². The molecule has 0 saturated heterocycles. The Kier molecular flexibility index (Phi) is 5.69. The summed E-state index contributed by atoms with van der Waals surface area (Å²) in [6, 6.07) is 2.52. The van der Waals surface area contributed by atoms with Gasteiger partial charge in [0.1, 0.15) is 6.04 Å². The maximum atomic E-state index is 10.7. The summed E-state index contributed by atoms with van der Waals surface area (Å²) in [6.45, 7) is 3.78. The number of aryl methyl sites for hydroxylation is 1. The summed E-state index contributed by atoms with van der Waals surface area (Å²) >= 11 is 1.64. The van der Waals surface area contributed by atoms with Crippen LogP contribution in [0.1, 0.15) is 36.4 Å². The number of nitrogens with two attached hydrogens (primary N) is 1. The Balaban J connectivity index is 2.62. The third-order valence-electron chi connectivity index (χ3n) is 2.44. The van der Waals surface area contributed by atoms with Crippen molar-refractivity contribution in [2.45, 2.75) is 39.2 Å². The number of hydrogen-bond donors (Lipinski definition) is 2. The molecule has 1 heterocycles. The Labute approximate surface area is 111 Å². The zero-order valence-corrected chi connectivity index (χ0v) is 11.5. The molecule has 18 heavy (non-hydrogen) atoms. The molecule has 1 aromatic heterocycles. The molecule has 1 rings (SSSR count). The van der Waals surface area contributed by atoms with Crippen LogP contribution in [0.15, 0.2) is 12.1 Å². The van der Waals surface area contributed by atoms with Crippen LogP contribution in [0.4, 0.5) is 4.79 Å². The Morgan fingerprint density at radius 2 is 2.33 bits per heavy atom. The molecule has 1 unspecified atom stereocenters. The van der Waals surface area contributed by atoms with Gasteiger partial charge in [-0.15, -0.1) is 11.3 Å². The van der Waals surface area contributed by atoms with Crippen LogP contribution in [0.5, 0.6) is 0 Å². The molecule has 0 fully saturated rings. The van der Waals surface area contributed by atoms with Crippen LogP contribution >= 0.6 is 11.3 Å². The molecule has 0 aliphatic carbocycles. The summed E-state index contributed by atoms with van der Waals surface area (Å²) in [5, 5.41) is 9.68. The number of unbranched alkanes of at least 4 members (excludes halogenated alkanes) is 1. The zero-order chi connectivity index (χ0) is 13.5. The molecule has 98 valence electrons. The van der Waals surface area contributed by atoms with Crippen molar-refractivity contribution < 1.29 is 10.0 Å². The molecule has 0 aromatic carbocycles. The minimum atomic E-state index is -0.897. The van der Waals surface area contributed by atoms with E-state index in [0.717, 1.165) is 11.3 Å². The molecule has 1 atom stereocenters. The molecule has 3 N–H and O–H groups in total. The minimum absolute atomic E-state index is 0.429. The second-order valence-corrected chi connectivity index (χ2v) is 5.17. The smallest absolute Gasteiger partial charge is 0.339 e. The topological polar surface area (TPSA) is 66.6 Å². The van der Waals surface area contributed by atoms with Crippen molar-refractivity contribution in [3.8, 4) is 11.8 Å². The van der Waals surface area contributed by atoms with Crippen molar-refractivity contribution in [1.82, 2.24) is 5.06 Å². The Morgan fingerprint density at radius 1 is 1.61 bits per heavy atom. The fourth-order valence-corrected chi connectivity index (χ4v) is 2.27. The van der Waals surface area contributed by atoms with Crippen molar-refractivity contribution in [3.05, 3.63) is 21.9 Å². The van der Waals surface area contributed by atoms with Gasteiger partial charge in [-0.3, -0.25) is 5.21 Å². The second kappa shape index (κ2) is 7.04. The third-order valence-corrected chi connectivity index (χ3v) is 3.50. The van der Waals surface area contributed by atoms with Gasteiger partial charge in [0.25, 0.3) is 0 Å². The van der Waals surface area contributed by atoms with Gasteiger partial charge in [-0.1, -0.05) is 25.2 Å². The number of urea groups is 1. The van der Waals surface area contributed by atoms with Gasteiger partial charge in [-0.05, 0) is 31.9 Å². The summed E-state index contributed by atoms with van der Waals surface area (Å²) in [4.78, 5) is 13.0. The molecule has 0 saturated carbocycles. The average Bonchev–Trinajstić information content (AvgIpc) is 2.80. The van der Waals surface area contributed by atoms with E-state index in [1.54, 1.807) is 18.3 Å². The highest BCUT2D eigenvalue weighted by molar-refractivity contribution is 7.12. The number of primary amides is 1. The summed E-state index contributed by atoms with van der Waals surface area (Å²) < 4.78 is 0. The predicted octanol–water partition coefficient (Wildman–Crippen LogP) is 2.60. The molecule has 0 bridgehead atoms. The standard InChI is InChI=1S/C13H18N2O2S/c1-3-4-5-11-8-9-12(18-11)7-6-10(2)15(17)13(14)16/h8-10,17H,3-5H2,1-2H3,(H2,14,16). The van der Waals surface area contributed by atoms with Gasteiger partial charge < -0.3 is 5.73 Å². The fraction of sp³-hybridized carbons (Fsp3) is 0.462. The third kappa shape index (κ3) is 4.40. The van der Waals surface area contributed by atoms with Crippen LogP contribution in [-0.4, -0.2) is 22.3 Å². The van der Waals surface area contributed by atoms with Crippen LogP contribution in [0, 0.1) is 11.8 Å². The monoisotopic (exact) mass is 266 g/mol. The minimum Gasteiger partial charge on any atom is -0.350 e. The van der Waals surface area contributed by atoms with Crippen LogP contribution in [0.2, 0.25) is 0 Å². The normalized spacial score (nSPS) is 11.5. The van der Waals surface area contributed by atoms with Gasteiger partial charge >= 0.3 is 6.03 Å². The highest BCUT2D eigenvalue weighted by Crippen LogP contribution is 2.17. The number of hydroxylamine groups is 2. The van der Waals surface area contributed by atoms with E-state index in [0.29, 0.717) is 5.06 Å². The van der Waals surface area contributed by atoms with Crippen LogP contribution in [-0.2, 0) is 6.42 Å². The highest BCUT2D eigenvalue weighted by Gasteiger charge is 2.11. The van der Waals surface area contributed by atoms with Crippen molar-refractivity contribution in [2.24, 2.45) is 5.73 Å². The molecule has 5 heteroatoms. The molecular weight excluding hydrogens is 248 g/mol. The fourth-order valence-electron chi connectivity index (χ4n) is 1.36. The van der Waals surface area contributed by atoms with E-state index in [4.69, 9.17) is 5.73 Å². The van der Waals surface area contributed by atoms with E-state index in [-0.39, 0.29) is 0 Å². The number of nitrogens with zero attached hydrogens (tertiary/aromatic N) is 1. The predicted molar refractivity (Wildman–Crippen MR) is 72.5 cm³/mol. The highest BCUT2D eigenvalue weighted by atomic mass is 32.1. The van der Waals surface area contributed by atoms with Gasteiger partial charge in [0, 0.05) is 4.88 Å². The SMILES string of the molecule is CCCCc1ccc(C#CC(C)N(O)C(N)=O)s1. The number of amides is 2. The molecule has 4 nitrogen and oxygen atoms in total. The first kappa shape index (κ1) is 14.6.